The van der Waals surface area contributed by atoms with Gasteiger partial charge in [-0.2, -0.15) is 19.8 Å². The van der Waals surface area contributed by atoms with E-state index in [2.05, 4.69) is 10.2 Å². The van der Waals surface area contributed by atoms with Crippen LogP contribution in [0.2, 0.25) is 0 Å². The highest BCUT2D eigenvalue weighted by Crippen LogP contribution is 2.50. The predicted molar refractivity (Wildman–Crippen MR) is 73.8 cm³/mol. The third-order valence-corrected chi connectivity index (χ3v) is 6.62. The zero-order valence-corrected chi connectivity index (χ0v) is 12.4. The van der Waals surface area contributed by atoms with Gasteiger partial charge in [-0.1, -0.05) is 0 Å². The summed E-state index contributed by atoms with van der Waals surface area (Å²) < 4.78 is 40.9. The van der Waals surface area contributed by atoms with Crippen molar-refractivity contribution >= 4 is 10.0 Å². The largest absolute Gasteiger partial charge is 0.243 e. The molecule has 0 aromatic heterocycles. The van der Waals surface area contributed by atoms with E-state index in [-0.39, 0.29) is 28.2 Å². The Morgan fingerprint density at radius 2 is 1.86 bits per heavy atom. The Kier molecular flexibility index (Phi) is 2.72. The van der Waals surface area contributed by atoms with Crippen LogP contribution in [0.4, 0.5) is 4.39 Å². The van der Waals surface area contributed by atoms with Crippen LogP contribution in [0.15, 0.2) is 33.3 Å². The van der Waals surface area contributed by atoms with Gasteiger partial charge in [-0.05, 0) is 31.0 Å². The molecule has 6 nitrogen and oxygen atoms in total. The van der Waals surface area contributed by atoms with Gasteiger partial charge in [-0.25, -0.2) is 12.8 Å². The number of sulfonamides is 1. The van der Waals surface area contributed by atoms with Gasteiger partial charge in [0, 0.05) is 24.9 Å². The molecule has 0 amide bonds. The first-order chi connectivity index (χ1) is 10.4. The molecule has 3 heterocycles. The Morgan fingerprint density at radius 1 is 1.23 bits per heavy atom. The molecule has 1 spiro atoms. The molecule has 2 bridgehead atoms. The van der Waals surface area contributed by atoms with E-state index >= 15 is 0 Å². The van der Waals surface area contributed by atoms with Crippen LogP contribution in [0.3, 0.4) is 0 Å². The normalized spacial score (nSPS) is 28.7. The van der Waals surface area contributed by atoms with Gasteiger partial charge in [0.2, 0.25) is 10.0 Å². The molecule has 0 N–H and O–H groups in total. The van der Waals surface area contributed by atoms with Crippen LogP contribution in [0.25, 0.3) is 0 Å². The lowest BCUT2D eigenvalue weighted by Crippen LogP contribution is -2.49. The number of nitrogens with zero attached hydrogens (tertiary/aromatic N) is 4. The van der Waals surface area contributed by atoms with Crippen molar-refractivity contribution in [1.82, 2.24) is 4.31 Å². The molecular weight excluding hydrogens is 307 g/mol. The summed E-state index contributed by atoms with van der Waals surface area (Å²) in [4.78, 5) is -0.151. The molecular formula is C14H13FN4O2S. The Bertz CT molecular complexity index is 808. The summed E-state index contributed by atoms with van der Waals surface area (Å²) in [5.41, 5.74) is -0.357. The van der Waals surface area contributed by atoms with Crippen LogP contribution < -0.4 is 0 Å². The van der Waals surface area contributed by atoms with Crippen molar-refractivity contribution in [3.63, 3.8) is 0 Å². The second-order valence-electron chi connectivity index (χ2n) is 6.10. The molecule has 2 unspecified atom stereocenters. The first-order valence-electron chi connectivity index (χ1n) is 7.12. The molecule has 1 aromatic rings. The average Bonchev–Trinajstić information content (AvgIpc) is 3.15. The zero-order chi connectivity index (χ0) is 15.5. The van der Waals surface area contributed by atoms with Crippen molar-refractivity contribution in [1.29, 1.82) is 5.26 Å². The molecule has 2 saturated heterocycles. The van der Waals surface area contributed by atoms with Gasteiger partial charge in [0.05, 0.1) is 16.5 Å². The standard InChI is InChI=1S/C14H13FN4O2S/c15-10-3-9(8-16)4-13(5-10)22(20,21)19-11-1-2-12(19)7-14(6-11)17-18-14/h3-5,11-12H,1-2,6-7H2. The van der Waals surface area contributed by atoms with Crippen molar-refractivity contribution in [3.05, 3.63) is 29.6 Å². The molecule has 22 heavy (non-hydrogen) atoms. The van der Waals surface area contributed by atoms with E-state index in [1.165, 1.54) is 10.4 Å². The molecule has 114 valence electrons. The minimum Gasteiger partial charge on any atom is -0.207 e. The molecule has 3 aliphatic rings. The summed E-state index contributed by atoms with van der Waals surface area (Å²) in [7, 11) is -3.82. The topological polar surface area (TPSA) is 85.9 Å². The summed E-state index contributed by atoms with van der Waals surface area (Å²) >= 11 is 0. The fourth-order valence-corrected chi connectivity index (χ4v) is 5.61. The van der Waals surface area contributed by atoms with Crippen molar-refractivity contribution in [2.24, 2.45) is 10.2 Å². The minimum atomic E-state index is -3.82. The highest BCUT2D eigenvalue weighted by atomic mass is 32.2. The molecule has 0 radical (unpaired) electrons. The molecule has 2 fully saturated rings. The van der Waals surface area contributed by atoms with Crippen LogP contribution in [0.5, 0.6) is 0 Å². The highest BCUT2D eigenvalue weighted by molar-refractivity contribution is 7.89. The van der Waals surface area contributed by atoms with Crippen molar-refractivity contribution < 1.29 is 12.8 Å². The van der Waals surface area contributed by atoms with E-state index in [0.29, 0.717) is 12.8 Å². The summed E-state index contributed by atoms with van der Waals surface area (Å²) in [6.07, 6.45) is 2.75. The fourth-order valence-electron chi connectivity index (χ4n) is 3.68. The monoisotopic (exact) mass is 320 g/mol. The number of fused-ring (bicyclic) bond motifs is 2. The summed E-state index contributed by atoms with van der Waals surface area (Å²) in [5, 5.41) is 17.0. The van der Waals surface area contributed by atoms with Gasteiger partial charge in [0.15, 0.2) is 5.66 Å². The van der Waals surface area contributed by atoms with Gasteiger partial charge in [-0.15, -0.1) is 0 Å². The average molecular weight is 320 g/mol. The third kappa shape index (κ3) is 1.96. The summed E-state index contributed by atoms with van der Waals surface area (Å²) in [6.45, 7) is 0. The lowest BCUT2D eigenvalue weighted by Gasteiger charge is -2.35. The SMILES string of the molecule is N#Cc1cc(F)cc(S(=O)(=O)N2C3CCC2CC2(C3)N=N2)c1. The molecule has 2 atom stereocenters. The Labute approximate surface area is 127 Å². The summed E-state index contributed by atoms with van der Waals surface area (Å²) in [5.74, 6) is -0.717. The molecule has 0 saturated carbocycles. The Balaban J connectivity index is 1.73. The zero-order valence-electron chi connectivity index (χ0n) is 11.6. The third-order valence-electron chi connectivity index (χ3n) is 4.64. The fraction of sp³-hybridized carbons (Fsp3) is 0.500. The lowest BCUT2D eigenvalue weighted by atomic mass is 9.96. The van der Waals surface area contributed by atoms with Gasteiger partial charge < -0.3 is 0 Å². The number of piperidine rings is 1. The van der Waals surface area contributed by atoms with Gasteiger partial charge in [0.25, 0.3) is 0 Å². The van der Waals surface area contributed by atoms with Crippen molar-refractivity contribution in [2.45, 2.75) is 48.3 Å². The first kappa shape index (κ1) is 13.8. The van der Waals surface area contributed by atoms with Crippen LogP contribution >= 0.6 is 0 Å². The van der Waals surface area contributed by atoms with E-state index in [4.69, 9.17) is 5.26 Å². The molecule has 0 aliphatic carbocycles. The molecule has 3 aliphatic heterocycles. The number of benzene rings is 1. The van der Waals surface area contributed by atoms with Gasteiger partial charge in [-0.3, -0.25) is 0 Å². The van der Waals surface area contributed by atoms with Crippen LogP contribution in [-0.4, -0.2) is 30.5 Å². The quantitative estimate of drug-likeness (QED) is 0.837. The second kappa shape index (κ2) is 4.33. The van der Waals surface area contributed by atoms with E-state index in [1.807, 2.05) is 0 Å². The first-order valence-corrected chi connectivity index (χ1v) is 8.56. The summed E-state index contributed by atoms with van der Waals surface area (Å²) in [6, 6.07) is 4.74. The number of nitriles is 1. The maximum absolute atomic E-state index is 13.6. The van der Waals surface area contributed by atoms with Gasteiger partial charge in [0.1, 0.15) is 5.82 Å². The lowest BCUT2D eigenvalue weighted by molar-refractivity contribution is 0.207. The van der Waals surface area contributed by atoms with Crippen molar-refractivity contribution in [3.8, 4) is 6.07 Å². The van der Waals surface area contributed by atoms with E-state index < -0.39 is 15.8 Å². The van der Waals surface area contributed by atoms with Crippen molar-refractivity contribution in [2.75, 3.05) is 0 Å². The Hall–Kier alpha value is -1.85. The molecule has 4 rings (SSSR count). The number of hydrogen-bond acceptors (Lipinski definition) is 5. The maximum atomic E-state index is 13.6. The highest BCUT2D eigenvalue weighted by Gasteiger charge is 2.57. The van der Waals surface area contributed by atoms with Gasteiger partial charge >= 0.3 is 0 Å². The van der Waals surface area contributed by atoms with E-state index in [9.17, 15) is 12.8 Å². The molecule has 8 heteroatoms. The maximum Gasteiger partial charge on any atom is 0.243 e. The van der Waals surface area contributed by atoms with Crippen LogP contribution in [0.1, 0.15) is 31.2 Å². The Morgan fingerprint density at radius 3 is 2.41 bits per heavy atom. The van der Waals surface area contributed by atoms with Crippen LogP contribution in [0, 0.1) is 17.1 Å². The smallest absolute Gasteiger partial charge is 0.207 e. The number of rotatable bonds is 2. The van der Waals surface area contributed by atoms with E-state index in [1.54, 1.807) is 6.07 Å². The number of hydrogen-bond donors (Lipinski definition) is 0. The predicted octanol–water partition coefficient (Wildman–Crippen LogP) is 2.17. The van der Waals surface area contributed by atoms with Crippen LogP contribution in [-0.2, 0) is 10.0 Å². The minimum absolute atomic E-state index is 0.00611. The van der Waals surface area contributed by atoms with E-state index in [0.717, 1.165) is 25.0 Å². The second-order valence-corrected chi connectivity index (χ2v) is 7.94. The number of halogens is 1. The molecule has 1 aromatic carbocycles.